The predicted molar refractivity (Wildman–Crippen MR) is 124 cm³/mol. The summed E-state index contributed by atoms with van der Waals surface area (Å²) in [5, 5.41) is 22.6. The Morgan fingerprint density at radius 1 is 1.11 bits per heavy atom. The molecule has 0 amide bonds. The van der Waals surface area contributed by atoms with Crippen molar-refractivity contribution in [2.75, 3.05) is 26.3 Å². The summed E-state index contributed by atoms with van der Waals surface area (Å²) in [4.78, 5) is 4.29. The number of nitrogens with one attached hydrogen (secondary N) is 1. The minimum Gasteiger partial charge on any atom is -0.493 e. The van der Waals surface area contributed by atoms with Crippen LogP contribution in [-0.4, -0.2) is 56.0 Å². The summed E-state index contributed by atoms with van der Waals surface area (Å²) in [6.45, 7) is 2.26. The SMILES string of the molecule is OCC1(c2ccc3c(c2)-c2nn(-c4ncnn4-c4ccc(F)cc4F)cc2CCO3)CCNCC1. The van der Waals surface area contributed by atoms with E-state index in [1.807, 2.05) is 18.3 Å². The normalized spacial score (nSPS) is 16.8. The smallest absolute Gasteiger partial charge is 0.253 e. The highest BCUT2D eigenvalue weighted by atomic mass is 19.1. The molecule has 8 nitrogen and oxygen atoms in total. The van der Waals surface area contributed by atoms with E-state index < -0.39 is 11.6 Å². The third-order valence-corrected chi connectivity index (χ3v) is 7.00. The maximum atomic E-state index is 14.5. The standard InChI is InChI=1S/C25H24F2N6O2/c26-18-2-3-21(20(27)12-18)33-24(29-15-30-33)32-13-16-5-10-35-22-4-1-17(11-19(22)23(16)31-32)25(14-34)6-8-28-9-7-25/h1-4,11-13,15,28,34H,5-10,14H2. The highest BCUT2D eigenvalue weighted by Crippen LogP contribution is 2.40. The molecule has 35 heavy (non-hydrogen) atoms. The lowest BCUT2D eigenvalue weighted by Crippen LogP contribution is -2.42. The van der Waals surface area contributed by atoms with Crippen molar-refractivity contribution in [1.82, 2.24) is 29.9 Å². The molecule has 4 heterocycles. The number of hydrogen-bond donors (Lipinski definition) is 2. The molecule has 0 radical (unpaired) electrons. The molecule has 2 aromatic heterocycles. The largest absolute Gasteiger partial charge is 0.493 e. The number of nitrogens with zero attached hydrogens (tertiary/aromatic N) is 5. The van der Waals surface area contributed by atoms with Crippen molar-refractivity contribution < 1.29 is 18.6 Å². The number of aromatic nitrogens is 5. The van der Waals surface area contributed by atoms with E-state index in [0.717, 1.165) is 60.1 Å². The quantitative estimate of drug-likeness (QED) is 0.469. The van der Waals surface area contributed by atoms with Crippen molar-refractivity contribution in [2.24, 2.45) is 0 Å². The van der Waals surface area contributed by atoms with Gasteiger partial charge in [0.2, 0.25) is 0 Å². The molecule has 6 rings (SSSR count). The molecule has 2 aromatic carbocycles. The molecule has 0 aliphatic carbocycles. The van der Waals surface area contributed by atoms with Crippen molar-refractivity contribution in [3.8, 4) is 28.6 Å². The van der Waals surface area contributed by atoms with Crippen LogP contribution < -0.4 is 10.1 Å². The third-order valence-electron chi connectivity index (χ3n) is 7.00. The number of hydrogen-bond acceptors (Lipinski definition) is 6. The number of aliphatic hydroxyl groups is 1. The van der Waals surface area contributed by atoms with Crippen LogP contribution in [0.3, 0.4) is 0 Å². The van der Waals surface area contributed by atoms with E-state index in [9.17, 15) is 13.9 Å². The van der Waals surface area contributed by atoms with E-state index in [0.29, 0.717) is 13.0 Å². The minimum atomic E-state index is -0.745. The number of rotatable bonds is 4. The maximum Gasteiger partial charge on any atom is 0.253 e. The number of benzene rings is 2. The second-order valence-corrected chi connectivity index (χ2v) is 9.01. The fourth-order valence-electron chi connectivity index (χ4n) is 5.02. The Morgan fingerprint density at radius 2 is 1.97 bits per heavy atom. The zero-order valence-electron chi connectivity index (χ0n) is 18.9. The predicted octanol–water partition coefficient (Wildman–Crippen LogP) is 2.95. The van der Waals surface area contributed by atoms with Crippen molar-refractivity contribution in [1.29, 1.82) is 0 Å². The topological polar surface area (TPSA) is 90.0 Å². The monoisotopic (exact) mass is 478 g/mol. The van der Waals surface area contributed by atoms with Gasteiger partial charge in [-0.1, -0.05) is 6.07 Å². The molecular formula is C25H24F2N6O2. The zero-order chi connectivity index (χ0) is 24.0. The highest BCUT2D eigenvalue weighted by molar-refractivity contribution is 5.72. The van der Waals surface area contributed by atoms with E-state index in [1.165, 1.54) is 23.1 Å². The van der Waals surface area contributed by atoms with Crippen LogP contribution in [-0.2, 0) is 11.8 Å². The number of halogens is 2. The molecule has 4 aromatic rings. The van der Waals surface area contributed by atoms with Gasteiger partial charge in [-0.3, -0.25) is 0 Å². The van der Waals surface area contributed by atoms with E-state index in [4.69, 9.17) is 9.84 Å². The van der Waals surface area contributed by atoms with E-state index in [2.05, 4.69) is 21.5 Å². The lowest BCUT2D eigenvalue weighted by molar-refractivity contribution is 0.158. The van der Waals surface area contributed by atoms with Gasteiger partial charge in [-0.2, -0.15) is 19.9 Å². The summed E-state index contributed by atoms with van der Waals surface area (Å²) in [5.41, 5.74) is 3.37. The summed E-state index contributed by atoms with van der Waals surface area (Å²) in [5.74, 6) is -0.399. The summed E-state index contributed by atoms with van der Waals surface area (Å²) in [7, 11) is 0. The Labute approximate surface area is 200 Å². The van der Waals surface area contributed by atoms with Gasteiger partial charge in [-0.05, 0) is 55.8 Å². The van der Waals surface area contributed by atoms with Crippen LogP contribution in [0.25, 0.3) is 22.9 Å². The lowest BCUT2D eigenvalue weighted by atomic mass is 9.73. The Kier molecular flexibility index (Phi) is 5.34. The van der Waals surface area contributed by atoms with E-state index >= 15 is 0 Å². The number of fused-ring (bicyclic) bond motifs is 3. The first-order chi connectivity index (χ1) is 17.1. The lowest BCUT2D eigenvalue weighted by Gasteiger charge is -2.37. The van der Waals surface area contributed by atoms with Gasteiger partial charge in [0, 0.05) is 35.2 Å². The Bertz CT molecular complexity index is 1390. The zero-order valence-corrected chi connectivity index (χ0v) is 18.9. The molecule has 2 aliphatic heterocycles. The average molecular weight is 479 g/mol. The number of aliphatic hydroxyl groups excluding tert-OH is 1. The molecule has 1 fully saturated rings. The van der Waals surface area contributed by atoms with Crippen molar-refractivity contribution in [3.63, 3.8) is 0 Å². The van der Waals surface area contributed by atoms with E-state index in [1.54, 1.807) is 4.68 Å². The molecule has 2 aliphatic rings. The molecular weight excluding hydrogens is 454 g/mol. The molecule has 0 saturated carbocycles. The fourth-order valence-corrected chi connectivity index (χ4v) is 5.02. The first-order valence-corrected chi connectivity index (χ1v) is 11.6. The molecule has 10 heteroatoms. The molecule has 180 valence electrons. The van der Waals surface area contributed by atoms with Crippen molar-refractivity contribution in [3.05, 3.63) is 71.7 Å². The molecule has 0 bridgehead atoms. The second-order valence-electron chi connectivity index (χ2n) is 9.01. The van der Waals surface area contributed by atoms with Gasteiger partial charge in [0.05, 0.1) is 18.9 Å². The average Bonchev–Trinajstić information content (AvgIpc) is 3.48. The molecule has 2 N–H and O–H groups in total. The van der Waals surface area contributed by atoms with Crippen LogP contribution in [0.4, 0.5) is 8.78 Å². The van der Waals surface area contributed by atoms with Gasteiger partial charge < -0.3 is 15.2 Å². The van der Waals surface area contributed by atoms with Crippen molar-refractivity contribution in [2.45, 2.75) is 24.7 Å². The molecule has 1 saturated heterocycles. The van der Waals surface area contributed by atoms with Crippen LogP contribution in [0.15, 0.2) is 48.9 Å². The van der Waals surface area contributed by atoms with Crippen LogP contribution in [0.2, 0.25) is 0 Å². The second kappa shape index (κ2) is 8.54. The number of piperidine rings is 1. The van der Waals surface area contributed by atoms with Gasteiger partial charge in [-0.15, -0.1) is 0 Å². The Balaban J connectivity index is 1.45. The van der Waals surface area contributed by atoms with Crippen LogP contribution in [0, 0.1) is 11.6 Å². The van der Waals surface area contributed by atoms with Gasteiger partial charge in [0.15, 0.2) is 5.82 Å². The van der Waals surface area contributed by atoms with Gasteiger partial charge in [-0.25, -0.2) is 13.5 Å². The highest BCUT2D eigenvalue weighted by Gasteiger charge is 2.34. The maximum absolute atomic E-state index is 14.5. The fraction of sp³-hybridized carbons (Fsp3) is 0.320. The first kappa shape index (κ1) is 21.9. The summed E-state index contributed by atoms with van der Waals surface area (Å²) < 4.78 is 36.8. The minimum absolute atomic E-state index is 0.0714. The molecule has 0 spiro atoms. The van der Waals surface area contributed by atoms with Gasteiger partial charge in [0.25, 0.3) is 5.95 Å². The molecule has 0 atom stereocenters. The summed E-state index contributed by atoms with van der Waals surface area (Å²) >= 11 is 0. The van der Waals surface area contributed by atoms with Crippen LogP contribution in [0.1, 0.15) is 24.0 Å². The Morgan fingerprint density at radius 3 is 2.77 bits per heavy atom. The van der Waals surface area contributed by atoms with E-state index in [-0.39, 0.29) is 23.7 Å². The van der Waals surface area contributed by atoms with Crippen molar-refractivity contribution >= 4 is 0 Å². The Hall–Kier alpha value is -3.63. The van der Waals surface area contributed by atoms with Crippen LogP contribution in [0.5, 0.6) is 5.75 Å². The first-order valence-electron chi connectivity index (χ1n) is 11.6. The third kappa shape index (κ3) is 3.69. The number of ether oxygens (including phenoxy) is 1. The van der Waals surface area contributed by atoms with Crippen LogP contribution >= 0.6 is 0 Å². The van der Waals surface area contributed by atoms with Gasteiger partial charge in [0.1, 0.15) is 23.6 Å². The summed E-state index contributed by atoms with van der Waals surface area (Å²) in [6, 6.07) is 9.37. The summed E-state index contributed by atoms with van der Waals surface area (Å²) in [6.07, 6.45) is 5.47. The molecule has 0 unspecified atom stereocenters. The van der Waals surface area contributed by atoms with Gasteiger partial charge >= 0.3 is 0 Å².